The highest BCUT2D eigenvalue weighted by atomic mass is 35.5. The molecule has 1 aromatic rings. The van der Waals surface area contributed by atoms with E-state index in [1.165, 1.54) is 0 Å². The summed E-state index contributed by atoms with van der Waals surface area (Å²) in [6.07, 6.45) is 0. The highest BCUT2D eigenvalue weighted by Crippen LogP contribution is 2.29. The molecular formula is C10H10ClN. The minimum atomic E-state index is 0.354. The number of hydrogen-bond acceptors (Lipinski definition) is 0. The van der Waals surface area contributed by atoms with Crippen molar-refractivity contribution in [2.45, 2.75) is 19.8 Å². The highest BCUT2D eigenvalue weighted by molar-refractivity contribution is 6.30. The van der Waals surface area contributed by atoms with Crippen molar-refractivity contribution >= 4 is 17.3 Å². The van der Waals surface area contributed by atoms with E-state index in [1.54, 1.807) is 12.1 Å². The quantitative estimate of drug-likeness (QED) is 0.574. The van der Waals surface area contributed by atoms with E-state index in [2.05, 4.69) is 18.7 Å². The van der Waals surface area contributed by atoms with Gasteiger partial charge in [-0.1, -0.05) is 43.6 Å². The molecule has 0 spiro atoms. The Morgan fingerprint density at radius 1 is 1.42 bits per heavy atom. The van der Waals surface area contributed by atoms with Gasteiger partial charge in [0.05, 0.1) is 6.57 Å². The zero-order chi connectivity index (χ0) is 9.14. The Hall–Kier alpha value is -1.00. The average Bonchev–Trinajstić information content (AvgIpc) is 2.04. The molecule has 0 atom stereocenters. The molecule has 0 aliphatic carbocycles. The predicted molar refractivity (Wildman–Crippen MR) is 51.8 cm³/mol. The fourth-order valence-electron chi connectivity index (χ4n) is 1.09. The lowest BCUT2D eigenvalue weighted by Crippen LogP contribution is -1.86. The van der Waals surface area contributed by atoms with Crippen LogP contribution in [-0.4, -0.2) is 0 Å². The summed E-state index contributed by atoms with van der Waals surface area (Å²) in [4.78, 5) is 3.42. The molecule has 0 amide bonds. The first-order valence-electron chi connectivity index (χ1n) is 3.82. The van der Waals surface area contributed by atoms with Crippen LogP contribution in [0.5, 0.6) is 0 Å². The van der Waals surface area contributed by atoms with Crippen LogP contribution in [-0.2, 0) is 0 Å². The maximum atomic E-state index is 6.93. The van der Waals surface area contributed by atoms with E-state index in [0.29, 0.717) is 16.6 Å². The van der Waals surface area contributed by atoms with Crippen molar-refractivity contribution in [1.29, 1.82) is 0 Å². The van der Waals surface area contributed by atoms with Gasteiger partial charge in [-0.3, -0.25) is 0 Å². The van der Waals surface area contributed by atoms with Crippen molar-refractivity contribution in [2.24, 2.45) is 0 Å². The minimum Gasteiger partial charge on any atom is -0.238 e. The number of benzene rings is 1. The van der Waals surface area contributed by atoms with Gasteiger partial charge in [0.25, 0.3) is 0 Å². The van der Waals surface area contributed by atoms with Crippen LogP contribution in [0.1, 0.15) is 25.3 Å². The molecular weight excluding hydrogens is 170 g/mol. The Morgan fingerprint density at radius 3 is 2.58 bits per heavy atom. The summed E-state index contributed by atoms with van der Waals surface area (Å²) in [7, 11) is 0. The second-order valence-electron chi connectivity index (χ2n) is 2.97. The first kappa shape index (κ1) is 9.09. The van der Waals surface area contributed by atoms with Gasteiger partial charge in [-0.05, 0) is 11.5 Å². The Labute approximate surface area is 77.8 Å². The van der Waals surface area contributed by atoms with E-state index in [1.807, 2.05) is 6.07 Å². The summed E-state index contributed by atoms with van der Waals surface area (Å²) in [5, 5.41) is 0.700. The smallest absolute Gasteiger partial charge is 0.190 e. The highest BCUT2D eigenvalue weighted by Gasteiger charge is 2.06. The Balaban J connectivity index is 3.24. The Bertz CT molecular complexity index is 323. The molecule has 2 heteroatoms. The lowest BCUT2D eigenvalue weighted by molar-refractivity contribution is 0.871. The maximum absolute atomic E-state index is 6.93. The molecule has 12 heavy (non-hydrogen) atoms. The van der Waals surface area contributed by atoms with Crippen LogP contribution >= 0.6 is 11.6 Å². The molecule has 1 nitrogen and oxygen atoms in total. The summed E-state index contributed by atoms with van der Waals surface area (Å²) in [5.41, 5.74) is 1.73. The average molecular weight is 180 g/mol. The normalized spacial score (nSPS) is 9.92. The number of halogens is 1. The zero-order valence-electron chi connectivity index (χ0n) is 7.13. The van der Waals surface area contributed by atoms with Gasteiger partial charge in [0.1, 0.15) is 0 Å². The third kappa shape index (κ3) is 1.78. The van der Waals surface area contributed by atoms with E-state index in [-0.39, 0.29) is 0 Å². The molecule has 0 radical (unpaired) electrons. The first-order valence-corrected chi connectivity index (χ1v) is 4.20. The number of nitrogens with zero attached hydrogens (tertiary/aromatic N) is 1. The van der Waals surface area contributed by atoms with E-state index < -0.39 is 0 Å². The zero-order valence-corrected chi connectivity index (χ0v) is 7.89. The second kappa shape index (κ2) is 3.60. The first-order chi connectivity index (χ1) is 5.65. The summed E-state index contributed by atoms with van der Waals surface area (Å²) >= 11 is 5.81. The molecule has 0 bridgehead atoms. The van der Waals surface area contributed by atoms with Crippen molar-refractivity contribution in [3.05, 3.63) is 40.2 Å². The van der Waals surface area contributed by atoms with Crippen molar-refractivity contribution in [3.8, 4) is 0 Å². The largest absolute Gasteiger partial charge is 0.238 e. The third-order valence-corrected chi connectivity index (χ3v) is 1.97. The molecule has 1 aromatic carbocycles. The van der Waals surface area contributed by atoms with Crippen molar-refractivity contribution < 1.29 is 0 Å². The summed E-state index contributed by atoms with van der Waals surface area (Å²) in [5.74, 6) is 0.354. The van der Waals surface area contributed by atoms with Crippen molar-refractivity contribution in [2.75, 3.05) is 0 Å². The summed E-state index contributed by atoms with van der Waals surface area (Å²) in [6, 6.07) is 5.38. The molecule has 1 rings (SSSR count). The van der Waals surface area contributed by atoms with Crippen molar-refractivity contribution in [1.82, 2.24) is 0 Å². The van der Waals surface area contributed by atoms with E-state index in [4.69, 9.17) is 18.2 Å². The molecule has 0 aromatic heterocycles. The van der Waals surface area contributed by atoms with Crippen LogP contribution in [0.25, 0.3) is 4.85 Å². The third-order valence-electron chi connectivity index (χ3n) is 1.73. The Kier molecular flexibility index (Phi) is 2.73. The fraction of sp³-hybridized carbons (Fsp3) is 0.300. The lowest BCUT2D eigenvalue weighted by Gasteiger charge is -2.07. The van der Waals surface area contributed by atoms with Gasteiger partial charge in [0.2, 0.25) is 0 Å². The van der Waals surface area contributed by atoms with E-state index in [0.717, 1.165) is 5.56 Å². The monoisotopic (exact) mass is 179 g/mol. The van der Waals surface area contributed by atoms with Crippen LogP contribution in [0.2, 0.25) is 5.02 Å². The van der Waals surface area contributed by atoms with Crippen LogP contribution in [0.4, 0.5) is 5.69 Å². The number of rotatable bonds is 1. The predicted octanol–water partition coefficient (Wildman–Crippen LogP) is 4.01. The van der Waals surface area contributed by atoms with Crippen LogP contribution < -0.4 is 0 Å². The van der Waals surface area contributed by atoms with E-state index in [9.17, 15) is 0 Å². The van der Waals surface area contributed by atoms with Gasteiger partial charge in [-0.2, -0.15) is 0 Å². The fourth-order valence-corrected chi connectivity index (χ4v) is 1.27. The molecule has 0 unspecified atom stereocenters. The molecule has 0 saturated heterocycles. The number of hydrogen-bond donors (Lipinski definition) is 0. The maximum Gasteiger partial charge on any atom is 0.190 e. The van der Waals surface area contributed by atoms with E-state index >= 15 is 0 Å². The summed E-state index contributed by atoms with van der Waals surface area (Å²) in [6.45, 7) is 11.0. The summed E-state index contributed by atoms with van der Waals surface area (Å²) < 4.78 is 0. The van der Waals surface area contributed by atoms with Gasteiger partial charge in [0.15, 0.2) is 5.69 Å². The SMILES string of the molecule is [C-]#[N+]c1ccc(Cl)cc1C(C)C. The minimum absolute atomic E-state index is 0.354. The topological polar surface area (TPSA) is 4.36 Å². The van der Waals surface area contributed by atoms with Gasteiger partial charge in [-0.15, -0.1) is 0 Å². The molecule has 0 heterocycles. The molecule has 0 saturated carbocycles. The van der Waals surface area contributed by atoms with Gasteiger partial charge >= 0.3 is 0 Å². The van der Waals surface area contributed by atoms with Crippen LogP contribution in [0, 0.1) is 6.57 Å². The molecule has 0 fully saturated rings. The standard InChI is InChI=1S/C10H10ClN/c1-7(2)9-6-8(11)4-5-10(9)12-3/h4-7H,1-2H3. The van der Waals surface area contributed by atoms with Crippen molar-refractivity contribution in [3.63, 3.8) is 0 Å². The van der Waals surface area contributed by atoms with Gasteiger partial charge < -0.3 is 0 Å². The van der Waals surface area contributed by atoms with Crippen LogP contribution in [0.15, 0.2) is 18.2 Å². The van der Waals surface area contributed by atoms with Crippen LogP contribution in [0.3, 0.4) is 0 Å². The van der Waals surface area contributed by atoms with Gasteiger partial charge in [-0.25, -0.2) is 4.85 Å². The second-order valence-corrected chi connectivity index (χ2v) is 3.41. The lowest BCUT2D eigenvalue weighted by atomic mass is 10.0. The Morgan fingerprint density at radius 2 is 2.08 bits per heavy atom. The van der Waals surface area contributed by atoms with Gasteiger partial charge in [0, 0.05) is 5.02 Å². The molecule has 62 valence electrons. The molecule has 0 aliphatic heterocycles. The molecule has 0 aliphatic rings. The molecule has 0 N–H and O–H groups in total.